The maximum atomic E-state index is 13.7. The van der Waals surface area contributed by atoms with E-state index < -0.39 is 15.8 Å². The molecule has 0 bridgehead atoms. The smallest absolute Gasteiger partial charge is 0.261 e. The number of hydrogen-bond acceptors (Lipinski definition) is 3. The summed E-state index contributed by atoms with van der Waals surface area (Å²) in [6.45, 7) is 3.88. The second-order valence-electron chi connectivity index (χ2n) is 4.50. The summed E-state index contributed by atoms with van der Waals surface area (Å²) in [6.07, 6.45) is 0. The third kappa shape index (κ3) is 3.72. The molecular weight excluding hydrogens is 293 g/mol. The van der Waals surface area contributed by atoms with Crippen molar-refractivity contribution >= 4 is 15.7 Å². The summed E-state index contributed by atoms with van der Waals surface area (Å²) in [5, 5.41) is 0. The molecule has 2 rings (SSSR count). The quantitative estimate of drug-likeness (QED) is 0.921. The highest BCUT2D eigenvalue weighted by Crippen LogP contribution is 2.23. The van der Waals surface area contributed by atoms with Crippen molar-refractivity contribution in [1.29, 1.82) is 0 Å². The van der Waals surface area contributed by atoms with Crippen LogP contribution in [-0.4, -0.2) is 15.0 Å². The summed E-state index contributed by atoms with van der Waals surface area (Å²) in [7, 11) is -3.74. The van der Waals surface area contributed by atoms with Gasteiger partial charge in [0, 0.05) is 6.07 Å². The highest BCUT2D eigenvalue weighted by molar-refractivity contribution is 7.92. The minimum Gasteiger partial charge on any atom is -0.491 e. The second-order valence-corrected chi connectivity index (χ2v) is 6.18. The lowest BCUT2D eigenvalue weighted by Gasteiger charge is -2.10. The van der Waals surface area contributed by atoms with Crippen LogP contribution in [0.5, 0.6) is 5.75 Å². The number of hydrogen-bond donors (Lipinski definition) is 1. The number of ether oxygens (including phenoxy) is 1. The molecule has 0 aliphatic heterocycles. The van der Waals surface area contributed by atoms with Crippen LogP contribution in [0.4, 0.5) is 10.1 Å². The fourth-order valence-corrected chi connectivity index (χ4v) is 2.99. The molecule has 2 aromatic carbocycles. The Kier molecular flexibility index (Phi) is 4.47. The highest BCUT2D eigenvalue weighted by Gasteiger charge is 2.15. The van der Waals surface area contributed by atoms with E-state index in [1.165, 1.54) is 18.2 Å². The van der Waals surface area contributed by atoms with E-state index in [2.05, 4.69) is 4.72 Å². The molecule has 0 unspecified atom stereocenters. The first-order valence-electron chi connectivity index (χ1n) is 6.44. The molecule has 2 aromatic rings. The van der Waals surface area contributed by atoms with Crippen LogP contribution in [0.25, 0.3) is 0 Å². The van der Waals surface area contributed by atoms with E-state index >= 15 is 0 Å². The lowest BCUT2D eigenvalue weighted by atomic mass is 10.2. The molecule has 4 nitrogen and oxygen atoms in total. The second kappa shape index (κ2) is 6.13. The third-order valence-corrected chi connectivity index (χ3v) is 4.16. The largest absolute Gasteiger partial charge is 0.491 e. The van der Waals surface area contributed by atoms with Gasteiger partial charge in [0.15, 0.2) is 11.6 Å². The average Bonchev–Trinajstić information content (AvgIpc) is 2.42. The van der Waals surface area contributed by atoms with Crippen LogP contribution in [0, 0.1) is 12.7 Å². The van der Waals surface area contributed by atoms with E-state index in [9.17, 15) is 12.8 Å². The summed E-state index contributed by atoms with van der Waals surface area (Å²) < 4.78 is 45.6. The highest BCUT2D eigenvalue weighted by atomic mass is 32.2. The van der Waals surface area contributed by atoms with Crippen molar-refractivity contribution in [2.45, 2.75) is 18.7 Å². The zero-order chi connectivity index (χ0) is 15.5. The number of anilines is 1. The number of sulfonamides is 1. The van der Waals surface area contributed by atoms with E-state index in [1.807, 2.05) is 0 Å². The molecule has 0 radical (unpaired) electrons. The monoisotopic (exact) mass is 309 g/mol. The number of aryl methyl sites for hydroxylation is 1. The van der Waals surface area contributed by atoms with Gasteiger partial charge in [-0.2, -0.15) is 0 Å². The molecule has 0 amide bonds. The fourth-order valence-electron chi connectivity index (χ4n) is 1.83. The molecule has 0 aliphatic rings. The van der Waals surface area contributed by atoms with Gasteiger partial charge in [-0.1, -0.05) is 12.1 Å². The van der Waals surface area contributed by atoms with Crippen LogP contribution >= 0.6 is 0 Å². The topological polar surface area (TPSA) is 55.4 Å². The van der Waals surface area contributed by atoms with Gasteiger partial charge in [-0.3, -0.25) is 4.72 Å². The fraction of sp³-hybridized carbons (Fsp3) is 0.200. The first-order valence-corrected chi connectivity index (χ1v) is 7.92. The lowest BCUT2D eigenvalue weighted by Crippen LogP contribution is -2.13. The van der Waals surface area contributed by atoms with Crippen molar-refractivity contribution in [3.63, 3.8) is 0 Å². The first-order chi connectivity index (χ1) is 9.92. The van der Waals surface area contributed by atoms with Crippen LogP contribution in [-0.2, 0) is 10.0 Å². The molecular formula is C15H16FNO3S. The number of halogens is 1. The number of benzene rings is 2. The van der Waals surface area contributed by atoms with Gasteiger partial charge >= 0.3 is 0 Å². The molecule has 0 atom stereocenters. The molecule has 0 fully saturated rings. The van der Waals surface area contributed by atoms with Gasteiger partial charge in [-0.15, -0.1) is 0 Å². The van der Waals surface area contributed by atoms with E-state index in [-0.39, 0.29) is 16.3 Å². The van der Waals surface area contributed by atoms with Crippen LogP contribution in [0.3, 0.4) is 0 Å². The SMILES string of the molecule is CCOc1ccc(NS(=O)(=O)c2cccc(C)c2)cc1F. The summed E-state index contributed by atoms with van der Waals surface area (Å²) in [5.41, 5.74) is 0.980. The molecule has 0 aromatic heterocycles. The lowest BCUT2D eigenvalue weighted by molar-refractivity contribution is 0.321. The zero-order valence-corrected chi connectivity index (χ0v) is 12.6. The Hall–Kier alpha value is -2.08. The van der Waals surface area contributed by atoms with Crippen molar-refractivity contribution in [2.24, 2.45) is 0 Å². The molecule has 1 N–H and O–H groups in total. The van der Waals surface area contributed by atoms with Gasteiger partial charge in [-0.25, -0.2) is 12.8 Å². The maximum Gasteiger partial charge on any atom is 0.261 e. The van der Waals surface area contributed by atoms with Crippen molar-refractivity contribution in [3.8, 4) is 5.75 Å². The standard InChI is InChI=1S/C15H16FNO3S/c1-3-20-15-8-7-12(10-14(15)16)17-21(18,19)13-6-4-5-11(2)9-13/h4-10,17H,3H2,1-2H3. The van der Waals surface area contributed by atoms with Crippen LogP contribution < -0.4 is 9.46 Å². The first kappa shape index (κ1) is 15.3. The van der Waals surface area contributed by atoms with Gasteiger partial charge in [0.2, 0.25) is 0 Å². The molecule has 0 aliphatic carbocycles. The number of rotatable bonds is 5. The Labute approximate surface area is 123 Å². The van der Waals surface area contributed by atoms with Crippen molar-refractivity contribution in [2.75, 3.05) is 11.3 Å². The summed E-state index contributed by atoms with van der Waals surface area (Å²) in [4.78, 5) is 0.136. The maximum absolute atomic E-state index is 13.7. The molecule has 0 heterocycles. The number of nitrogens with one attached hydrogen (secondary N) is 1. The Bertz CT molecular complexity index is 744. The normalized spacial score (nSPS) is 11.2. The van der Waals surface area contributed by atoms with Gasteiger partial charge in [0.25, 0.3) is 10.0 Å². The Balaban J connectivity index is 2.27. The Morgan fingerprint density at radius 3 is 2.57 bits per heavy atom. The van der Waals surface area contributed by atoms with Crippen molar-refractivity contribution < 1.29 is 17.5 Å². The summed E-state index contributed by atoms with van der Waals surface area (Å²) in [5.74, 6) is -0.516. The minimum atomic E-state index is -3.74. The predicted molar refractivity (Wildman–Crippen MR) is 79.6 cm³/mol. The Morgan fingerprint density at radius 1 is 1.19 bits per heavy atom. The van der Waals surface area contributed by atoms with Gasteiger partial charge < -0.3 is 4.74 Å². The average molecular weight is 309 g/mol. The van der Waals surface area contributed by atoms with Crippen molar-refractivity contribution in [3.05, 3.63) is 53.8 Å². The van der Waals surface area contributed by atoms with Gasteiger partial charge in [-0.05, 0) is 43.7 Å². The minimum absolute atomic E-state index is 0.0935. The Morgan fingerprint density at radius 2 is 1.95 bits per heavy atom. The van der Waals surface area contributed by atoms with E-state index in [0.29, 0.717) is 6.61 Å². The summed E-state index contributed by atoms with van der Waals surface area (Å²) >= 11 is 0. The van der Waals surface area contributed by atoms with E-state index in [0.717, 1.165) is 11.6 Å². The van der Waals surface area contributed by atoms with Crippen molar-refractivity contribution in [1.82, 2.24) is 0 Å². The zero-order valence-electron chi connectivity index (χ0n) is 11.8. The van der Waals surface area contributed by atoms with Crippen LogP contribution in [0.15, 0.2) is 47.4 Å². The molecule has 0 saturated carbocycles. The predicted octanol–water partition coefficient (Wildman–Crippen LogP) is 3.33. The van der Waals surface area contributed by atoms with E-state index in [1.54, 1.807) is 32.0 Å². The van der Waals surface area contributed by atoms with E-state index in [4.69, 9.17) is 4.74 Å². The molecule has 21 heavy (non-hydrogen) atoms. The summed E-state index contributed by atoms with van der Waals surface area (Å²) in [6, 6.07) is 10.4. The van der Waals surface area contributed by atoms with Crippen LogP contribution in [0.2, 0.25) is 0 Å². The third-order valence-electron chi connectivity index (χ3n) is 2.78. The molecule has 0 spiro atoms. The molecule has 6 heteroatoms. The molecule has 0 saturated heterocycles. The van der Waals surface area contributed by atoms with Crippen LogP contribution in [0.1, 0.15) is 12.5 Å². The molecule has 112 valence electrons. The van der Waals surface area contributed by atoms with Gasteiger partial charge in [0.1, 0.15) is 0 Å². The van der Waals surface area contributed by atoms with Gasteiger partial charge in [0.05, 0.1) is 17.2 Å².